The summed E-state index contributed by atoms with van der Waals surface area (Å²) in [5.41, 5.74) is 1.29. The molecular formula is C15H8BrCl2N3O2. The Hall–Kier alpha value is -1.89. The van der Waals surface area contributed by atoms with Crippen molar-refractivity contribution >= 4 is 45.1 Å². The minimum absolute atomic E-state index is 0.297. The van der Waals surface area contributed by atoms with E-state index in [-0.39, 0.29) is 5.82 Å². The van der Waals surface area contributed by atoms with Crippen LogP contribution in [-0.4, -0.2) is 25.8 Å². The molecule has 0 fully saturated rings. The number of carboxylic acids is 1. The first-order valence-corrected chi connectivity index (χ1v) is 7.92. The number of nitrogens with zero attached hydrogens (tertiary/aromatic N) is 3. The number of aromatic nitrogens is 3. The quantitative estimate of drug-likeness (QED) is 0.676. The van der Waals surface area contributed by atoms with Gasteiger partial charge in [-0.25, -0.2) is 14.5 Å². The van der Waals surface area contributed by atoms with E-state index in [0.717, 1.165) is 10.0 Å². The van der Waals surface area contributed by atoms with Crippen LogP contribution in [0.1, 0.15) is 10.6 Å². The van der Waals surface area contributed by atoms with Crippen LogP contribution in [0.25, 0.3) is 17.1 Å². The second-order valence-electron chi connectivity index (χ2n) is 4.58. The van der Waals surface area contributed by atoms with Crippen LogP contribution in [-0.2, 0) is 0 Å². The van der Waals surface area contributed by atoms with Crippen molar-refractivity contribution in [3.05, 3.63) is 62.8 Å². The molecule has 8 heteroatoms. The van der Waals surface area contributed by atoms with Gasteiger partial charge >= 0.3 is 5.97 Å². The summed E-state index contributed by atoms with van der Waals surface area (Å²) in [5, 5.41) is 14.0. The van der Waals surface area contributed by atoms with Gasteiger partial charge in [0.15, 0.2) is 5.82 Å². The summed E-state index contributed by atoms with van der Waals surface area (Å²) in [6.07, 6.45) is 0. The molecule has 2 aromatic carbocycles. The maximum absolute atomic E-state index is 11.2. The number of hydrogen-bond acceptors (Lipinski definition) is 3. The molecule has 3 aromatic rings. The lowest BCUT2D eigenvalue weighted by Crippen LogP contribution is -2.02. The molecule has 1 heterocycles. The molecule has 0 saturated carbocycles. The van der Waals surface area contributed by atoms with E-state index in [1.165, 1.54) is 4.68 Å². The summed E-state index contributed by atoms with van der Waals surface area (Å²) in [6.45, 7) is 0. The first-order valence-electron chi connectivity index (χ1n) is 6.37. The van der Waals surface area contributed by atoms with Crippen LogP contribution in [0.2, 0.25) is 10.0 Å². The molecule has 0 aliphatic carbocycles. The SMILES string of the molecule is O=C(O)c1nc(-c2ccc(Br)cc2)n(-c2ccc(Cl)c(Cl)c2)n1. The Kier molecular flexibility index (Phi) is 4.39. The number of benzene rings is 2. The fraction of sp³-hybridized carbons (Fsp3) is 0. The summed E-state index contributed by atoms with van der Waals surface area (Å²) < 4.78 is 2.33. The Bertz CT molecular complexity index is 894. The molecule has 3 rings (SSSR count). The molecule has 1 N–H and O–H groups in total. The summed E-state index contributed by atoms with van der Waals surface area (Å²) in [5.74, 6) is -1.11. The van der Waals surface area contributed by atoms with Gasteiger partial charge in [-0.2, -0.15) is 0 Å². The molecule has 0 aliphatic heterocycles. The van der Waals surface area contributed by atoms with Gasteiger partial charge in [-0.15, -0.1) is 5.10 Å². The van der Waals surface area contributed by atoms with Crippen LogP contribution in [0.5, 0.6) is 0 Å². The van der Waals surface area contributed by atoms with Gasteiger partial charge in [0.2, 0.25) is 0 Å². The minimum Gasteiger partial charge on any atom is -0.475 e. The largest absolute Gasteiger partial charge is 0.475 e. The normalized spacial score (nSPS) is 10.7. The molecule has 0 spiro atoms. The predicted octanol–water partition coefficient (Wildman–Crippen LogP) is 4.70. The third-order valence-corrected chi connectivity index (χ3v) is 4.32. The van der Waals surface area contributed by atoms with Gasteiger partial charge in [0.1, 0.15) is 0 Å². The topological polar surface area (TPSA) is 68.0 Å². The molecule has 0 bridgehead atoms. The fourth-order valence-corrected chi connectivity index (χ4v) is 2.54. The second kappa shape index (κ2) is 6.31. The zero-order valence-corrected chi connectivity index (χ0v) is 14.5. The molecule has 1 aromatic heterocycles. The van der Waals surface area contributed by atoms with E-state index in [1.54, 1.807) is 18.2 Å². The maximum Gasteiger partial charge on any atom is 0.375 e. The van der Waals surface area contributed by atoms with Gasteiger partial charge in [0.25, 0.3) is 5.82 Å². The molecule has 0 radical (unpaired) electrons. The Morgan fingerprint density at radius 3 is 2.39 bits per heavy atom. The van der Waals surface area contributed by atoms with Crippen LogP contribution in [0, 0.1) is 0 Å². The predicted molar refractivity (Wildman–Crippen MR) is 91.5 cm³/mol. The van der Waals surface area contributed by atoms with Crippen molar-refractivity contribution in [3.63, 3.8) is 0 Å². The third-order valence-electron chi connectivity index (χ3n) is 3.05. The van der Waals surface area contributed by atoms with E-state index in [2.05, 4.69) is 26.0 Å². The van der Waals surface area contributed by atoms with E-state index in [1.807, 2.05) is 24.3 Å². The highest BCUT2D eigenvalue weighted by molar-refractivity contribution is 9.10. The number of hydrogen-bond donors (Lipinski definition) is 1. The Labute approximate surface area is 149 Å². The first-order chi connectivity index (χ1) is 11.0. The van der Waals surface area contributed by atoms with E-state index < -0.39 is 5.97 Å². The summed E-state index contributed by atoms with van der Waals surface area (Å²) in [7, 11) is 0. The van der Waals surface area contributed by atoms with Crippen LogP contribution >= 0.6 is 39.1 Å². The number of carbonyl (C=O) groups is 1. The van der Waals surface area contributed by atoms with Crippen molar-refractivity contribution in [2.24, 2.45) is 0 Å². The number of rotatable bonds is 3. The van der Waals surface area contributed by atoms with Gasteiger partial charge < -0.3 is 5.11 Å². The molecule has 0 atom stereocenters. The zero-order chi connectivity index (χ0) is 16.6. The first kappa shape index (κ1) is 16.0. The van der Waals surface area contributed by atoms with Crippen molar-refractivity contribution in [1.29, 1.82) is 0 Å². The summed E-state index contributed by atoms with van der Waals surface area (Å²) >= 11 is 15.3. The second-order valence-corrected chi connectivity index (χ2v) is 6.31. The van der Waals surface area contributed by atoms with Crippen LogP contribution in [0.4, 0.5) is 0 Å². The Balaban J connectivity index is 2.20. The van der Waals surface area contributed by atoms with Gasteiger partial charge in [-0.1, -0.05) is 51.3 Å². The Morgan fingerprint density at radius 1 is 1.09 bits per heavy atom. The number of halogens is 3. The van der Waals surface area contributed by atoms with Gasteiger partial charge in [-0.05, 0) is 30.3 Å². The highest BCUT2D eigenvalue weighted by Gasteiger charge is 2.18. The van der Waals surface area contributed by atoms with Crippen molar-refractivity contribution in [1.82, 2.24) is 14.8 Å². The van der Waals surface area contributed by atoms with E-state index in [9.17, 15) is 4.79 Å². The molecule has 0 unspecified atom stereocenters. The van der Waals surface area contributed by atoms with Gasteiger partial charge in [-0.3, -0.25) is 0 Å². The van der Waals surface area contributed by atoms with Crippen LogP contribution in [0.3, 0.4) is 0 Å². The van der Waals surface area contributed by atoms with E-state index in [4.69, 9.17) is 28.3 Å². The lowest BCUT2D eigenvalue weighted by Gasteiger charge is -2.07. The summed E-state index contributed by atoms with van der Waals surface area (Å²) in [6, 6.07) is 12.2. The average molecular weight is 413 g/mol. The molecule has 5 nitrogen and oxygen atoms in total. The van der Waals surface area contributed by atoms with Crippen molar-refractivity contribution in [3.8, 4) is 17.1 Å². The van der Waals surface area contributed by atoms with Crippen LogP contribution < -0.4 is 0 Å². The zero-order valence-electron chi connectivity index (χ0n) is 11.4. The van der Waals surface area contributed by atoms with E-state index in [0.29, 0.717) is 21.6 Å². The smallest absolute Gasteiger partial charge is 0.375 e. The Morgan fingerprint density at radius 2 is 1.78 bits per heavy atom. The van der Waals surface area contributed by atoms with Crippen molar-refractivity contribution < 1.29 is 9.90 Å². The van der Waals surface area contributed by atoms with Crippen molar-refractivity contribution in [2.75, 3.05) is 0 Å². The monoisotopic (exact) mass is 411 g/mol. The van der Waals surface area contributed by atoms with Crippen molar-refractivity contribution in [2.45, 2.75) is 0 Å². The minimum atomic E-state index is -1.21. The fourth-order valence-electron chi connectivity index (χ4n) is 1.99. The summed E-state index contributed by atoms with van der Waals surface area (Å²) in [4.78, 5) is 15.3. The molecule has 0 saturated heterocycles. The number of carboxylic acid groups (broad SMARTS) is 1. The molecular weight excluding hydrogens is 405 g/mol. The molecule has 23 heavy (non-hydrogen) atoms. The molecule has 0 amide bonds. The average Bonchev–Trinajstić information content (AvgIpc) is 2.96. The molecule has 0 aliphatic rings. The highest BCUT2D eigenvalue weighted by Crippen LogP contribution is 2.27. The molecule has 116 valence electrons. The lowest BCUT2D eigenvalue weighted by atomic mass is 10.2. The van der Waals surface area contributed by atoms with Gasteiger partial charge in [0.05, 0.1) is 15.7 Å². The standard InChI is InChI=1S/C15H8BrCl2N3O2/c16-9-3-1-8(2-4-9)14-19-13(15(22)23)20-21(14)10-5-6-11(17)12(18)7-10/h1-7H,(H,22,23). The number of aromatic carboxylic acids is 1. The van der Waals surface area contributed by atoms with E-state index >= 15 is 0 Å². The third kappa shape index (κ3) is 3.24. The van der Waals surface area contributed by atoms with Crippen LogP contribution in [0.15, 0.2) is 46.9 Å². The lowest BCUT2D eigenvalue weighted by molar-refractivity contribution is 0.0683. The maximum atomic E-state index is 11.2. The van der Waals surface area contributed by atoms with Gasteiger partial charge in [0, 0.05) is 10.0 Å². The highest BCUT2D eigenvalue weighted by atomic mass is 79.9.